The summed E-state index contributed by atoms with van der Waals surface area (Å²) in [6.07, 6.45) is 3.00. The van der Waals surface area contributed by atoms with Crippen LogP contribution in [0.2, 0.25) is 0 Å². The van der Waals surface area contributed by atoms with Gasteiger partial charge < -0.3 is 0 Å². The van der Waals surface area contributed by atoms with Gasteiger partial charge in [0.2, 0.25) is 0 Å². The molecule has 1 atom stereocenters. The van der Waals surface area contributed by atoms with Crippen LogP contribution in [0.25, 0.3) is 0 Å². The molecule has 0 amide bonds. The molecule has 3 heterocycles. The second kappa shape index (κ2) is 5.67. The van der Waals surface area contributed by atoms with Crippen LogP contribution in [0, 0.1) is 13.8 Å². The Balaban J connectivity index is 1.65. The van der Waals surface area contributed by atoms with E-state index in [2.05, 4.69) is 32.0 Å². The molecule has 1 aliphatic heterocycles. The topological polar surface area (TPSA) is 41.9 Å². The van der Waals surface area contributed by atoms with Gasteiger partial charge in [0.15, 0.2) is 0 Å². The third-order valence-corrected chi connectivity index (χ3v) is 3.78. The van der Waals surface area contributed by atoms with Gasteiger partial charge in [-0.2, -0.15) is 0 Å². The first-order valence-corrected chi connectivity index (χ1v) is 7.15. The number of rotatable bonds is 3. The molecule has 3 rings (SSSR count). The van der Waals surface area contributed by atoms with E-state index in [4.69, 9.17) is 0 Å². The molecule has 20 heavy (non-hydrogen) atoms. The van der Waals surface area contributed by atoms with E-state index in [1.807, 2.05) is 32.2 Å². The minimum Gasteiger partial charge on any atom is -0.297 e. The molecule has 2 aromatic heterocycles. The molecule has 0 spiro atoms. The third kappa shape index (κ3) is 3.02. The van der Waals surface area contributed by atoms with Crippen LogP contribution in [0.4, 0.5) is 0 Å². The van der Waals surface area contributed by atoms with Gasteiger partial charge in [-0.1, -0.05) is 6.07 Å². The maximum absolute atomic E-state index is 4.58. The number of aryl methyl sites for hydroxylation is 2. The zero-order valence-electron chi connectivity index (χ0n) is 12.1. The van der Waals surface area contributed by atoms with Crippen molar-refractivity contribution in [1.29, 1.82) is 0 Å². The van der Waals surface area contributed by atoms with Crippen LogP contribution in [0.15, 0.2) is 30.5 Å². The summed E-state index contributed by atoms with van der Waals surface area (Å²) in [5.74, 6) is 1.45. The Morgan fingerprint density at radius 1 is 1.15 bits per heavy atom. The highest BCUT2D eigenvalue weighted by Gasteiger charge is 2.26. The highest BCUT2D eigenvalue weighted by atomic mass is 15.2. The van der Waals surface area contributed by atoms with Gasteiger partial charge in [0.05, 0.1) is 5.69 Å². The molecule has 0 bridgehead atoms. The molecule has 0 saturated carbocycles. The van der Waals surface area contributed by atoms with Crippen molar-refractivity contribution in [2.24, 2.45) is 0 Å². The summed E-state index contributed by atoms with van der Waals surface area (Å²) in [5, 5.41) is 0. The molecule has 0 aromatic carbocycles. The Labute approximate surface area is 119 Å². The molecule has 0 N–H and O–H groups in total. The third-order valence-electron chi connectivity index (χ3n) is 3.78. The first kappa shape index (κ1) is 13.2. The lowest BCUT2D eigenvalue weighted by Gasteiger charge is -2.15. The molecule has 1 saturated heterocycles. The van der Waals surface area contributed by atoms with Gasteiger partial charge in [-0.3, -0.25) is 9.88 Å². The minimum absolute atomic E-state index is 0.458. The van der Waals surface area contributed by atoms with Crippen LogP contribution in [-0.4, -0.2) is 32.9 Å². The molecule has 1 fully saturated rings. The Morgan fingerprint density at radius 3 is 2.80 bits per heavy atom. The zero-order valence-corrected chi connectivity index (χ0v) is 12.1. The summed E-state index contributed by atoms with van der Waals surface area (Å²) >= 11 is 0. The molecule has 104 valence electrons. The van der Waals surface area contributed by atoms with Crippen LogP contribution in [0.1, 0.15) is 35.2 Å². The maximum atomic E-state index is 4.58. The molecule has 2 aromatic rings. The first-order chi connectivity index (χ1) is 9.70. The minimum atomic E-state index is 0.458. The first-order valence-electron chi connectivity index (χ1n) is 7.15. The largest absolute Gasteiger partial charge is 0.297 e. The fraction of sp³-hybridized carbons (Fsp3) is 0.438. The summed E-state index contributed by atoms with van der Waals surface area (Å²) in [4.78, 5) is 16.0. The van der Waals surface area contributed by atoms with Crippen molar-refractivity contribution in [1.82, 2.24) is 19.9 Å². The van der Waals surface area contributed by atoms with E-state index < -0.39 is 0 Å². The highest BCUT2D eigenvalue weighted by molar-refractivity contribution is 5.11. The molecule has 4 nitrogen and oxygen atoms in total. The number of hydrogen-bond donors (Lipinski definition) is 0. The second-order valence-electron chi connectivity index (χ2n) is 5.55. The van der Waals surface area contributed by atoms with Gasteiger partial charge in [0.25, 0.3) is 0 Å². The van der Waals surface area contributed by atoms with Crippen LogP contribution in [-0.2, 0) is 6.54 Å². The van der Waals surface area contributed by atoms with Crippen molar-refractivity contribution >= 4 is 0 Å². The van der Waals surface area contributed by atoms with E-state index in [1.165, 1.54) is 0 Å². The van der Waals surface area contributed by atoms with Crippen LogP contribution >= 0.6 is 0 Å². The summed E-state index contributed by atoms with van der Waals surface area (Å²) in [7, 11) is 0. The van der Waals surface area contributed by atoms with Gasteiger partial charge in [-0.05, 0) is 45.0 Å². The van der Waals surface area contributed by atoms with Gasteiger partial charge >= 0.3 is 0 Å². The normalized spacial score (nSPS) is 19.4. The van der Waals surface area contributed by atoms with E-state index >= 15 is 0 Å². The fourth-order valence-electron chi connectivity index (χ4n) is 2.77. The van der Waals surface area contributed by atoms with Crippen molar-refractivity contribution in [2.75, 3.05) is 13.1 Å². The number of nitrogens with zero attached hydrogens (tertiary/aromatic N) is 4. The Bertz CT molecular complexity index is 597. The average molecular weight is 268 g/mol. The molecule has 0 unspecified atom stereocenters. The maximum Gasteiger partial charge on any atom is 0.132 e. The molecule has 0 aliphatic carbocycles. The predicted octanol–water partition coefficient (Wildman–Crippen LogP) is 2.48. The SMILES string of the molecule is Cc1cccc(CN2CC[C@@H](c3nccc(C)n3)C2)n1. The fourth-order valence-corrected chi connectivity index (χ4v) is 2.77. The summed E-state index contributed by atoms with van der Waals surface area (Å²) in [5.41, 5.74) is 3.28. The van der Waals surface area contributed by atoms with Gasteiger partial charge in [0.1, 0.15) is 5.82 Å². The standard InChI is InChI=1S/C16H20N4/c1-12-4-3-5-15(18-12)11-20-9-7-14(10-20)16-17-8-6-13(2)19-16/h3-6,8,14H,7,9-11H2,1-2H3/t14-/m1/s1. The lowest BCUT2D eigenvalue weighted by atomic mass is 10.1. The van der Waals surface area contributed by atoms with Gasteiger partial charge in [-0.25, -0.2) is 9.97 Å². The van der Waals surface area contributed by atoms with Gasteiger partial charge in [-0.15, -0.1) is 0 Å². The van der Waals surface area contributed by atoms with Crippen molar-refractivity contribution in [2.45, 2.75) is 32.7 Å². The monoisotopic (exact) mass is 268 g/mol. The summed E-state index contributed by atoms with van der Waals surface area (Å²) in [6.45, 7) is 7.10. The lowest BCUT2D eigenvalue weighted by Crippen LogP contribution is -2.21. The van der Waals surface area contributed by atoms with Crippen LogP contribution < -0.4 is 0 Å². The smallest absolute Gasteiger partial charge is 0.132 e. The molecular weight excluding hydrogens is 248 g/mol. The molecule has 4 heteroatoms. The molecular formula is C16H20N4. The molecule has 1 aliphatic rings. The Morgan fingerprint density at radius 2 is 2.00 bits per heavy atom. The number of pyridine rings is 1. The van der Waals surface area contributed by atoms with Crippen molar-refractivity contribution < 1.29 is 0 Å². The van der Waals surface area contributed by atoms with Crippen LogP contribution in [0.3, 0.4) is 0 Å². The quantitative estimate of drug-likeness (QED) is 0.857. The van der Waals surface area contributed by atoms with E-state index in [-0.39, 0.29) is 0 Å². The number of likely N-dealkylation sites (tertiary alicyclic amines) is 1. The highest BCUT2D eigenvalue weighted by Crippen LogP contribution is 2.25. The Kier molecular flexibility index (Phi) is 3.74. The van der Waals surface area contributed by atoms with Crippen molar-refractivity contribution in [3.8, 4) is 0 Å². The summed E-state index contributed by atoms with van der Waals surface area (Å²) in [6, 6.07) is 8.17. The van der Waals surface area contributed by atoms with Crippen molar-refractivity contribution in [3.63, 3.8) is 0 Å². The predicted molar refractivity (Wildman–Crippen MR) is 78.4 cm³/mol. The van der Waals surface area contributed by atoms with Crippen molar-refractivity contribution in [3.05, 3.63) is 53.4 Å². The lowest BCUT2D eigenvalue weighted by molar-refractivity contribution is 0.321. The zero-order chi connectivity index (χ0) is 13.9. The average Bonchev–Trinajstić information content (AvgIpc) is 2.87. The number of aromatic nitrogens is 3. The van der Waals surface area contributed by atoms with E-state index in [9.17, 15) is 0 Å². The Hall–Kier alpha value is -1.81. The van der Waals surface area contributed by atoms with E-state index in [0.717, 1.165) is 49.0 Å². The summed E-state index contributed by atoms with van der Waals surface area (Å²) < 4.78 is 0. The second-order valence-corrected chi connectivity index (χ2v) is 5.55. The van der Waals surface area contributed by atoms with E-state index in [0.29, 0.717) is 5.92 Å². The van der Waals surface area contributed by atoms with E-state index in [1.54, 1.807) is 0 Å². The van der Waals surface area contributed by atoms with Gasteiger partial charge in [0, 0.05) is 36.6 Å². The number of hydrogen-bond acceptors (Lipinski definition) is 4. The molecule has 0 radical (unpaired) electrons. The van der Waals surface area contributed by atoms with Crippen LogP contribution in [0.5, 0.6) is 0 Å².